The minimum absolute atomic E-state index is 0.428. The van der Waals surface area contributed by atoms with Crippen molar-refractivity contribution in [2.24, 2.45) is 5.73 Å². The van der Waals surface area contributed by atoms with Crippen LogP contribution in [-0.2, 0) is 6.54 Å². The van der Waals surface area contributed by atoms with Gasteiger partial charge in [0.15, 0.2) is 5.82 Å². The quantitative estimate of drug-likeness (QED) is 0.713. The van der Waals surface area contributed by atoms with Crippen LogP contribution in [0.25, 0.3) is 16.9 Å². The average molecular weight is 225 g/mol. The Morgan fingerprint density at radius 1 is 1.12 bits per heavy atom. The number of fused-ring (bicyclic) bond motifs is 1. The van der Waals surface area contributed by atoms with Crippen molar-refractivity contribution >= 4 is 11.0 Å². The molecule has 1 aromatic carbocycles. The van der Waals surface area contributed by atoms with Crippen molar-refractivity contribution in [1.29, 1.82) is 0 Å². The zero-order valence-corrected chi connectivity index (χ0v) is 9.11. The van der Waals surface area contributed by atoms with Crippen molar-refractivity contribution < 1.29 is 0 Å². The van der Waals surface area contributed by atoms with Crippen molar-refractivity contribution in [2.75, 3.05) is 0 Å². The summed E-state index contributed by atoms with van der Waals surface area (Å²) in [4.78, 5) is 4.32. The summed E-state index contributed by atoms with van der Waals surface area (Å²) in [5.74, 6) is 0.740. The fourth-order valence-electron chi connectivity index (χ4n) is 1.81. The number of benzene rings is 1. The minimum atomic E-state index is 0.428. The van der Waals surface area contributed by atoms with Gasteiger partial charge in [0, 0.05) is 18.3 Å². The van der Waals surface area contributed by atoms with Gasteiger partial charge in [-0.25, -0.2) is 4.98 Å². The molecule has 84 valence electrons. The average Bonchev–Trinajstić information content (AvgIpc) is 2.82. The summed E-state index contributed by atoms with van der Waals surface area (Å²) in [5, 5.41) is 8.23. The molecule has 0 saturated carbocycles. The lowest BCUT2D eigenvalue weighted by molar-refractivity contribution is 0.787. The van der Waals surface area contributed by atoms with Crippen molar-refractivity contribution in [3.8, 4) is 5.82 Å². The first-order valence-electron chi connectivity index (χ1n) is 5.35. The van der Waals surface area contributed by atoms with Gasteiger partial charge < -0.3 is 5.73 Å². The maximum Gasteiger partial charge on any atom is 0.160 e. The van der Waals surface area contributed by atoms with Crippen LogP contribution in [-0.4, -0.2) is 20.0 Å². The Labute approximate surface area is 97.9 Å². The van der Waals surface area contributed by atoms with Gasteiger partial charge in [-0.15, -0.1) is 5.10 Å². The lowest BCUT2D eigenvalue weighted by atomic mass is 10.2. The first kappa shape index (κ1) is 9.92. The summed E-state index contributed by atoms with van der Waals surface area (Å²) >= 11 is 0. The maximum atomic E-state index is 5.70. The van der Waals surface area contributed by atoms with Crippen LogP contribution < -0.4 is 5.73 Å². The Morgan fingerprint density at radius 3 is 2.88 bits per heavy atom. The largest absolute Gasteiger partial charge is 0.326 e. The molecular formula is C12H11N5. The summed E-state index contributed by atoms with van der Waals surface area (Å²) in [6, 6.07) is 11.6. The number of nitrogens with zero attached hydrogens (tertiary/aromatic N) is 4. The zero-order chi connectivity index (χ0) is 11.7. The van der Waals surface area contributed by atoms with Crippen LogP contribution >= 0.6 is 0 Å². The van der Waals surface area contributed by atoms with Gasteiger partial charge in [0.1, 0.15) is 5.52 Å². The molecule has 3 aromatic rings. The van der Waals surface area contributed by atoms with E-state index in [9.17, 15) is 0 Å². The predicted octanol–water partition coefficient (Wildman–Crippen LogP) is 1.27. The molecule has 0 spiro atoms. The number of hydrogen-bond donors (Lipinski definition) is 1. The normalized spacial score (nSPS) is 10.9. The van der Waals surface area contributed by atoms with E-state index in [1.165, 1.54) is 0 Å². The summed E-state index contributed by atoms with van der Waals surface area (Å²) in [5.41, 5.74) is 8.43. The van der Waals surface area contributed by atoms with Gasteiger partial charge in [-0.3, -0.25) is 0 Å². The van der Waals surface area contributed by atoms with Crippen LogP contribution in [0.5, 0.6) is 0 Å². The molecule has 0 radical (unpaired) electrons. The molecule has 0 aliphatic rings. The molecule has 0 fully saturated rings. The molecule has 2 aromatic heterocycles. The summed E-state index contributed by atoms with van der Waals surface area (Å²) < 4.78 is 1.72. The third-order valence-corrected chi connectivity index (χ3v) is 2.64. The smallest absolute Gasteiger partial charge is 0.160 e. The van der Waals surface area contributed by atoms with Gasteiger partial charge in [-0.2, -0.15) is 4.68 Å². The van der Waals surface area contributed by atoms with Gasteiger partial charge >= 0.3 is 0 Å². The van der Waals surface area contributed by atoms with Crippen molar-refractivity contribution in [2.45, 2.75) is 6.54 Å². The highest BCUT2D eigenvalue weighted by molar-refractivity contribution is 5.75. The first-order valence-corrected chi connectivity index (χ1v) is 5.35. The van der Waals surface area contributed by atoms with Crippen molar-refractivity contribution in [1.82, 2.24) is 20.0 Å². The molecule has 0 bridgehead atoms. The monoisotopic (exact) mass is 225 g/mol. The van der Waals surface area contributed by atoms with Gasteiger partial charge in [0.05, 0.1) is 5.52 Å². The van der Waals surface area contributed by atoms with E-state index >= 15 is 0 Å². The third-order valence-electron chi connectivity index (χ3n) is 2.64. The lowest BCUT2D eigenvalue weighted by Crippen LogP contribution is -2.07. The Balaban J connectivity index is 2.27. The fourth-order valence-corrected chi connectivity index (χ4v) is 1.81. The molecule has 0 atom stereocenters. The number of nitrogens with two attached hydrogens (primary N) is 1. The topological polar surface area (TPSA) is 69.6 Å². The molecular weight excluding hydrogens is 214 g/mol. The number of hydrogen-bond acceptors (Lipinski definition) is 4. The van der Waals surface area contributed by atoms with Crippen LogP contribution in [0.4, 0.5) is 0 Å². The number of rotatable bonds is 2. The van der Waals surface area contributed by atoms with Crippen molar-refractivity contribution in [3.05, 3.63) is 48.2 Å². The predicted molar refractivity (Wildman–Crippen MR) is 64.6 cm³/mol. The van der Waals surface area contributed by atoms with E-state index in [2.05, 4.69) is 15.3 Å². The Morgan fingerprint density at radius 2 is 2.00 bits per heavy atom. The first-order chi connectivity index (χ1) is 8.40. The summed E-state index contributed by atoms with van der Waals surface area (Å²) in [6.07, 6.45) is 1.73. The number of aromatic nitrogens is 4. The van der Waals surface area contributed by atoms with E-state index in [1.807, 2.05) is 36.4 Å². The third kappa shape index (κ3) is 1.57. The molecule has 0 unspecified atom stereocenters. The fraction of sp³-hybridized carbons (Fsp3) is 0.0833. The highest BCUT2D eigenvalue weighted by Crippen LogP contribution is 2.16. The standard InChI is InChI=1S/C12H11N5/c13-8-9-4-3-7-14-12(9)17-11-6-2-1-5-10(11)15-16-17/h1-7H,8,13H2. The molecule has 2 N–H and O–H groups in total. The molecule has 0 amide bonds. The van der Waals surface area contributed by atoms with Gasteiger partial charge in [0.2, 0.25) is 0 Å². The van der Waals surface area contributed by atoms with Crippen LogP contribution in [0.3, 0.4) is 0 Å². The Hall–Kier alpha value is -2.27. The van der Waals surface area contributed by atoms with Gasteiger partial charge in [-0.1, -0.05) is 23.4 Å². The number of pyridine rings is 1. The van der Waals surface area contributed by atoms with Gasteiger partial charge in [0.25, 0.3) is 0 Å². The van der Waals surface area contributed by atoms with Crippen LogP contribution in [0, 0.1) is 0 Å². The minimum Gasteiger partial charge on any atom is -0.326 e. The van der Waals surface area contributed by atoms with E-state index < -0.39 is 0 Å². The van der Waals surface area contributed by atoms with Crippen LogP contribution in [0.15, 0.2) is 42.6 Å². The molecule has 5 heteroatoms. The highest BCUT2D eigenvalue weighted by Gasteiger charge is 2.09. The van der Waals surface area contributed by atoms with Crippen molar-refractivity contribution in [3.63, 3.8) is 0 Å². The van der Waals surface area contributed by atoms with Crippen LogP contribution in [0.1, 0.15) is 5.56 Å². The summed E-state index contributed by atoms with van der Waals surface area (Å²) in [6.45, 7) is 0.428. The Kier molecular flexibility index (Phi) is 2.31. The Bertz CT molecular complexity index is 659. The van der Waals surface area contributed by atoms with E-state index in [0.717, 1.165) is 22.4 Å². The molecule has 17 heavy (non-hydrogen) atoms. The van der Waals surface area contributed by atoms with E-state index in [4.69, 9.17) is 5.73 Å². The molecule has 2 heterocycles. The van der Waals surface area contributed by atoms with E-state index in [-0.39, 0.29) is 0 Å². The number of para-hydroxylation sites is 1. The molecule has 0 saturated heterocycles. The molecule has 5 nitrogen and oxygen atoms in total. The second-order valence-corrected chi connectivity index (χ2v) is 3.68. The molecule has 0 aliphatic carbocycles. The van der Waals surface area contributed by atoms with E-state index in [1.54, 1.807) is 10.9 Å². The highest BCUT2D eigenvalue weighted by atomic mass is 15.4. The van der Waals surface area contributed by atoms with Crippen LogP contribution in [0.2, 0.25) is 0 Å². The molecule has 3 rings (SSSR count). The maximum absolute atomic E-state index is 5.70. The lowest BCUT2D eigenvalue weighted by Gasteiger charge is -2.05. The van der Waals surface area contributed by atoms with E-state index in [0.29, 0.717) is 6.54 Å². The summed E-state index contributed by atoms with van der Waals surface area (Å²) in [7, 11) is 0. The second kappa shape index (κ2) is 3.95. The molecule has 0 aliphatic heterocycles. The zero-order valence-electron chi connectivity index (χ0n) is 9.11. The second-order valence-electron chi connectivity index (χ2n) is 3.68. The SMILES string of the molecule is NCc1cccnc1-n1nnc2ccccc21. The van der Waals surface area contributed by atoms with Gasteiger partial charge in [-0.05, 0) is 18.2 Å².